The van der Waals surface area contributed by atoms with Crippen molar-refractivity contribution in [3.8, 4) is 0 Å². The van der Waals surface area contributed by atoms with Crippen molar-refractivity contribution in [2.24, 2.45) is 0 Å². The zero-order valence-electron chi connectivity index (χ0n) is 12.4. The summed E-state index contributed by atoms with van der Waals surface area (Å²) < 4.78 is 28.3. The molecular formula is C13H25O5P. The van der Waals surface area contributed by atoms with Crippen LogP contribution in [-0.2, 0) is 18.3 Å². The molecule has 0 aliphatic rings. The summed E-state index contributed by atoms with van der Waals surface area (Å²) in [5.41, 5.74) is 0.898. The van der Waals surface area contributed by atoms with Crippen molar-refractivity contribution in [2.75, 3.05) is 19.8 Å². The van der Waals surface area contributed by atoms with Gasteiger partial charge in [0, 0.05) is 0 Å². The minimum Gasteiger partial charge on any atom is -0.501 e. The van der Waals surface area contributed by atoms with E-state index in [-0.39, 0.29) is 18.5 Å². The second-order valence-electron chi connectivity index (χ2n) is 4.02. The summed E-state index contributed by atoms with van der Waals surface area (Å²) in [6.07, 6.45) is 1.80. The van der Waals surface area contributed by atoms with Crippen molar-refractivity contribution in [1.82, 2.24) is 0 Å². The fraction of sp³-hybridized carbons (Fsp3) is 0.692. The first-order valence-corrected chi connectivity index (χ1v) is 7.99. The van der Waals surface area contributed by atoms with Gasteiger partial charge in [0.15, 0.2) is 0 Å². The van der Waals surface area contributed by atoms with E-state index in [1.807, 2.05) is 13.8 Å². The van der Waals surface area contributed by atoms with Crippen LogP contribution in [0.1, 0.15) is 34.6 Å². The fourth-order valence-corrected chi connectivity index (χ4v) is 3.05. The third-order valence-electron chi connectivity index (χ3n) is 2.08. The summed E-state index contributed by atoms with van der Waals surface area (Å²) in [6.45, 7) is 9.78. The second-order valence-corrected chi connectivity index (χ2v) is 6.05. The molecule has 0 saturated heterocycles. The summed E-state index contributed by atoms with van der Waals surface area (Å²) in [5.74, 6) is 0. The monoisotopic (exact) mass is 292 g/mol. The van der Waals surface area contributed by atoms with E-state index in [2.05, 4.69) is 0 Å². The molecule has 1 N–H and O–H groups in total. The Morgan fingerprint density at radius 3 is 2.05 bits per heavy atom. The third-order valence-corrected chi connectivity index (χ3v) is 4.28. The lowest BCUT2D eigenvalue weighted by Gasteiger charge is -2.22. The van der Waals surface area contributed by atoms with Gasteiger partial charge in [-0.1, -0.05) is 11.6 Å². The van der Waals surface area contributed by atoms with Crippen LogP contribution in [0.4, 0.5) is 0 Å². The molecule has 0 saturated carbocycles. The first-order valence-electron chi connectivity index (χ1n) is 6.45. The van der Waals surface area contributed by atoms with E-state index in [1.165, 1.54) is 6.26 Å². The average Bonchev–Trinajstić information content (AvgIpc) is 2.28. The van der Waals surface area contributed by atoms with Gasteiger partial charge in [0.2, 0.25) is 0 Å². The van der Waals surface area contributed by atoms with Crippen molar-refractivity contribution < 1.29 is 23.5 Å². The molecule has 0 aromatic heterocycles. The van der Waals surface area contributed by atoms with Gasteiger partial charge in [0.1, 0.15) is 11.4 Å². The zero-order valence-corrected chi connectivity index (χ0v) is 13.3. The van der Waals surface area contributed by atoms with Crippen LogP contribution in [0.15, 0.2) is 23.2 Å². The van der Waals surface area contributed by atoms with Crippen LogP contribution in [0.3, 0.4) is 0 Å². The van der Waals surface area contributed by atoms with E-state index in [0.29, 0.717) is 6.61 Å². The first kappa shape index (κ1) is 18.4. The third kappa shape index (κ3) is 6.39. The van der Waals surface area contributed by atoms with Crippen molar-refractivity contribution in [3.63, 3.8) is 0 Å². The number of ether oxygens (including phenoxy) is 1. The van der Waals surface area contributed by atoms with Crippen LogP contribution in [0.25, 0.3) is 0 Å². The molecule has 0 aliphatic carbocycles. The highest BCUT2D eigenvalue weighted by Gasteiger charge is 2.34. The Balaban J connectivity index is 5.42. The zero-order chi connectivity index (χ0) is 14.9. The quantitative estimate of drug-likeness (QED) is 0.400. The van der Waals surface area contributed by atoms with Crippen LogP contribution in [-0.4, -0.2) is 31.0 Å². The lowest BCUT2D eigenvalue weighted by Crippen LogP contribution is -2.12. The molecule has 0 fully saturated rings. The van der Waals surface area contributed by atoms with Crippen molar-refractivity contribution in [2.45, 2.75) is 40.7 Å². The molecule has 0 aromatic carbocycles. The largest absolute Gasteiger partial charge is 0.501 e. The average molecular weight is 292 g/mol. The van der Waals surface area contributed by atoms with Gasteiger partial charge in [0.05, 0.1) is 26.1 Å². The van der Waals surface area contributed by atoms with Gasteiger partial charge < -0.3 is 18.9 Å². The summed E-state index contributed by atoms with van der Waals surface area (Å²) >= 11 is 0. The molecule has 0 heterocycles. The van der Waals surface area contributed by atoms with Gasteiger partial charge in [-0.05, 0) is 34.6 Å². The van der Waals surface area contributed by atoms with Crippen LogP contribution in [0.5, 0.6) is 0 Å². The molecule has 1 unspecified atom stereocenters. The van der Waals surface area contributed by atoms with E-state index >= 15 is 0 Å². The highest BCUT2D eigenvalue weighted by molar-refractivity contribution is 7.58. The van der Waals surface area contributed by atoms with Gasteiger partial charge >= 0.3 is 7.60 Å². The lowest BCUT2D eigenvalue weighted by atomic mass is 10.2. The van der Waals surface area contributed by atoms with Crippen LogP contribution >= 0.6 is 7.60 Å². The highest BCUT2D eigenvalue weighted by Crippen LogP contribution is 2.57. The smallest absolute Gasteiger partial charge is 0.363 e. The Bertz CT molecular complexity index is 348. The Hall–Kier alpha value is -0.610. The first-order chi connectivity index (χ1) is 8.91. The van der Waals surface area contributed by atoms with E-state index in [4.69, 9.17) is 13.8 Å². The topological polar surface area (TPSA) is 65.0 Å². The van der Waals surface area contributed by atoms with Crippen LogP contribution in [0.2, 0.25) is 0 Å². The van der Waals surface area contributed by atoms with Crippen LogP contribution in [0, 0.1) is 0 Å². The Morgan fingerprint density at radius 1 is 1.16 bits per heavy atom. The van der Waals surface area contributed by atoms with E-state index < -0.39 is 13.7 Å². The maximum atomic E-state index is 12.7. The molecule has 0 spiro atoms. The lowest BCUT2D eigenvalue weighted by molar-refractivity contribution is 0.200. The predicted molar refractivity (Wildman–Crippen MR) is 76.0 cm³/mol. The number of rotatable bonds is 9. The van der Waals surface area contributed by atoms with Gasteiger partial charge in [-0.15, -0.1) is 0 Å². The molecule has 5 nitrogen and oxygen atoms in total. The number of aliphatic hydroxyl groups is 1. The highest BCUT2D eigenvalue weighted by atomic mass is 31.2. The number of hydrogen-bond acceptors (Lipinski definition) is 5. The molecule has 0 radical (unpaired) electrons. The summed E-state index contributed by atoms with van der Waals surface area (Å²) in [4.78, 5) is 0. The molecule has 0 amide bonds. The molecule has 1 atom stereocenters. The molecule has 112 valence electrons. The predicted octanol–water partition coefficient (Wildman–Crippen LogP) is 3.46. The number of hydrogen-bond donors (Lipinski definition) is 1. The molecule has 0 rings (SSSR count). The second kappa shape index (κ2) is 9.32. The molecule has 0 aliphatic heterocycles. The molecule has 0 aromatic rings. The summed E-state index contributed by atoms with van der Waals surface area (Å²) in [5, 5.41) is 10.3. The van der Waals surface area contributed by atoms with E-state index in [0.717, 1.165) is 5.57 Å². The Morgan fingerprint density at radius 2 is 1.68 bits per heavy atom. The fourth-order valence-electron chi connectivity index (χ4n) is 1.39. The van der Waals surface area contributed by atoms with Crippen molar-refractivity contribution in [3.05, 3.63) is 23.2 Å². The maximum Gasteiger partial charge on any atom is 0.363 e. The molecule has 6 heteroatoms. The van der Waals surface area contributed by atoms with Gasteiger partial charge in [-0.3, -0.25) is 4.57 Å². The number of allylic oxidation sites excluding steroid dienone is 1. The Labute approximate surface area is 115 Å². The van der Waals surface area contributed by atoms with Crippen LogP contribution < -0.4 is 0 Å². The SMILES string of the molecule is CCO/C=C(\C(O)C=C(C)C)P(=O)(OCC)OCC. The van der Waals surface area contributed by atoms with E-state index in [9.17, 15) is 9.67 Å². The summed E-state index contributed by atoms with van der Waals surface area (Å²) in [7, 11) is -3.53. The summed E-state index contributed by atoms with van der Waals surface area (Å²) in [6, 6.07) is 0. The van der Waals surface area contributed by atoms with Gasteiger partial charge in [-0.25, -0.2) is 0 Å². The normalized spacial score (nSPS) is 14.1. The number of aliphatic hydroxyl groups excluding tert-OH is 1. The van der Waals surface area contributed by atoms with Gasteiger partial charge in [0.25, 0.3) is 0 Å². The minimum atomic E-state index is -3.53. The Kier molecular flexibility index (Phi) is 9.02. The van der Waals surface area contributed by atoms with Crippen molar-refractivity contribution >= 4 is 7.60 Å². The maximum absolute atomic E-state index is 12.7. The molecule has 0 bridgehead atoms. The van der Waals surface area contributed by atoms with Gasteiger partial charge in [-0.2, -0.15) is 0 Å². The molecular weight excluding hydrogens is 267 g/mol. The standard InChI is InChI=1S/C13H25O5P/c1-6-16-10-13(12(14)9-11(4)5)19(15,17-7-2)18-8-3/h9-10,12,14H,6-8H2,1-5H3/b13-10+. The minimum absolute atomic E-state index is 0.124. The van der Waals surface area contributed by atoms with Crippen molar-refractivity contribution in [1.29, 1.82) is 0 Å². The van der Waals surface area contributed by atoms with E-state index in [1.54, 1.807) is 26.8 Å². The molecule has 19 heavy (non-hydrogen) atoms.